The Morgan fingerprint density at radius 2 is 1.06 bits per heavy atom. The summed E-state index contributed by atoms with van der Waals surface area (Å²) in [7, 11) is 0. The molecule has 0 heterocycles. The Morgan fingerprint density at radius 3 is 1.38 bits per heavy atom. The van der Waals surface area contributed by atoms with Crippen molar-refractivity contribution in [2.75, 3.05) is 0 Å². The van der Waals surface area contributed by atoms with E-state index in [2.05, 4.69) is 10.9 Å². The minimum absolute atomic E-state index is 0. The van der Waals surface area contributed by atoms with Crippen LogP contribution in [0, 0.1) is 0 Å². The molecule has 0 aliphatic carbocycles. The maximum Gasteiger partial charge on any atom is 1.00 e. The van der Waals surface area contributed by atoms with E-state index in [9.17, 15) is 9.59 Å². The zero-order chi connectivity index (χ0) is 12.2. The van der Waals surface area contributed by atoms with Gasteiger partial charge in [0.05, 0.1) is 0 Å². The Hall–Kier alpha value is -1.14. The van der Waals surface area contributed by atoms with Crippen LogP contribution in [0.15, 0.2) is 0 Å². The fourth-order valence-electron chi connectivity index (χ4n) is 1.42. The van der Waals surface area contributed by atoms with Crippen LogP contribution >= 0.6 is 0 Å². The van der Waals surface area contributed by atoms with Crippen molar-refractivity contribution in [2.45, 2.75) is 51.4 Å². The van der Waals surface area contributed by atoms with Crippen LogP contribution in [0.3, 0.4) is 0 Å². The molecule has 0 saturated heterocycles. The van der Waals surface area contributed by atoms with Crippen molar-refractivity contribution < 1.29 is 11.0 Å². The third-order valence-corrected chi connectivity index (χ3v) is 2.38. The lowest BCUT2D eigenvalue weighted by Crippen LogP contribution is -2.29. The number of carbonyl (C=O) groups is 2. The second-order valence-corrected chi connectivity index (χ2v) is 3.76. The van der Waals surface area contributed by atoms with Crippen molar-refractivity contribution in [3.8, 4) is 0 Å². The summed E-state index contributed by atoms with van der Waals surface area (Å²) >= 11 is 0. The average molecular weight is 231 g/mol. The first-order valence-electron chi connectivity index (χ1n) is 5.69. The maximum atomic E-state index is 10.8. The third-order valence-electron chi connectivity index (χ3n) is 2.38. The molecule has 0 saturated carbocycles. The summed E-state index contributed by atoms with van der Waals surface area (Å²) in [4.78, 5) is 21.5. The van der Waals surface area contributed by atoms with Gasteiger partial charge in [-0.05, 0) is 12.8 Å². The van der Waals surface area contributed by atoms with Crippen LogP contribution in [0.25, 0.3) is 0 Å². The van der Waals surface area contributed by atoms with Crippen LogP contribution < -0.4 is 22.5 Å². The quantitative estimate of drug-likeness (QED) is 0.196. The number of hydrogen-bond donors (Lipinski definition) is 4. The summed E-state index contributed by atoms with van der Waals surface area (Å²) < 4.78 is 0. The lowest BCUT2D eigenvalue weighted by Gasteiger charge is -2.01. The number of amides is 2. The molecule has 0 aromatic heterocycles. The number of hydrogen-bond acceptors (Lipinski definition) is 4. The average Bonchev–Trinajstić information content (AvgIpc) is 2.31. The van der Waals surface area contributed by atoms with E-state index in [1.165, 1.54) is 0 Å². The fraction of sp³-hybridized carbons (Fsp3) is 0.800. The highest BCUT2D eigenvalue weighted by Crippen LogP contribution is 2.08. The van der Waals surface area contributed by atoms with Crippen LogP contribution in [0.5, 0.6) is 0 Å². The van der Waals surface area contributed by atoms with Gasteiger partial charge in [0.25, 0.3) is 0 Å². The van der Waals surface area contributed by atoms with Crippen LogP contribution in [-0.4, -0.2) is 11.8 Å². The van der Waals surface area contributed by atoms with E-state index in [-0.39, 0.29) is 13.2 Å². The second-order valence-electron chi connectivity index (χ2n) is 3.76. The van der Waals surface area contributed by atoms with Gasteiger partial charge in [0.15, 0.2) is 0 Å². The highest BCUT2D eigenvalue weighted by Gasteiger charge is 1.99. The number of hydrazine groups is 2. The van der Waals surface area contributed by atoms with E-state index >= 15 is 0 Å². The highest BCUT2D eigenvalue weighted by molar-refractivity contribution is 5.75. The molecule has 6 nitrogen and oxygen atoms in total. The topological polar surface area (TPSA) is 110 Å². The molecule has 16 heavy (non-hydrogen) atoms. The first kappa shape index (κ1) is 14.9. The lowest BCUT2D eigenvalue weighted by atomic mass is 10.1. The Balaban J connectivity index is 0. The van der Waals surface area contributed by atoms with Gasteiger partial charge in [-0.1, -0.05) is 25.7 Å². The van der Waals surface area contributed by atoms with Gasteiger partial charge < -0.3 is 0 Å². The van der Waals surface area contributed by atoms with Crippen LogP contribution in [0.2, 0.25) is 0 Å². The fourth-order valence-corrected chi connectivity index (χ4v) is 1.42. The standard InChI is InChI=1S/C10H22N4O2/c11-13-9(15)7-5-3-1-2-4-6-8-10(16)14-12/h1-8,11-12H2,(H,13,15)(H,14,16)/p+1. The van der Waals surface area contributed by atoms with Gasteiger partial charge in [0.2, 0.25) is 11.8 Å². The minimum Gasteiger partial charge on any atom is -0.294 e. The molecule has 0 unspecified atom stereocenters. The first-order chi connectivity index (χ1) is 7.70. The largest absolute Gasteiger partial charge is 1.00 e. The molecule has 0 aliphatic rings. The number of carbonyl (C=O) groups excluding carboxylic acids is 2. The van der Waals surface area contributed by atoms with Gasteiger partial charge in [-0.15, -0.1) is 0 Å². The Bertz CT molecular complexity index is 192. The predicted octanol–water partition coefficient (Wildman–Crippen LogP) is 0.199. The molecule has 0 rings (SSSR count). The van der Waals surface area contributed by atoms with Gasteiger partial charge in [0, 0.05) is 12.8 Å². The van der Waals surface area contributed by atoms with Crippen molar-refractivity contribution in [3.05, 3.63) is 0 Å². The van der Waals surface area contributed by atoms with Gasteiger partial charge in [0.1, 0.15) is 0 Å². The zero-order valence-electron chi connectivity index (χ0n) is 10.6. The zero-order valence-corrected chi connectivity index (χ0v) is 9.63. The van der Waals surface area contributed by atoms with E-state index in [1.54, 1.807) is 0 Å². The van der Waals surface area contributed by atoms with E-state index in [4.69, 9.17) is 11.7 Å². The Morgan fingerprint density at radius 1 is 0.750 bits per heavy atom. The molecule has 0 radical (unpaired) electrons. The number of nitrogens with one attached hydrogen (secondary N) is 2. The van der Waals surface area contributed by atoms with Crippen molar-refractivity contribution in [2.24, 2.45) is 11.7 Å². The second kappa shape index (κ2) is 10.4. The summed E-state index contributed by atoms with van der Waals surface area (Å²) in [6.07, 6.45) is 6.94. The monoisotopic (exact) mass is 231 g/mol. The normalized spacial score (nSPS) is 9.88. The summed E-state index contributed by atoms with van der Waals surface area (Å²) in [6.45, 7) is 0. The van der Waals surface area contributed by atoms with E-state index in [0.29, 0.717) is 12.8 Å². The van der Waals surface area contributed by atoms with Gasteiger partial charge in [-0.2, -0.15) is 0 Å². The number of rotatable bonds is 9. The Kier molecular flexibility index (Phi) is 9.64. The molecule has 0 aromatic carbocycles. The molecular weight excluding hydrogens is 208 g/mol. The molecule has 94 valence electrons. The molecule has 0 bridgehead atoms. The third kappa shape index (κ3) is 9.42. The molecule has 0 spiro atoms. The summed E-state index contributed by atoms with van der Waals surface area (Å²) in [5, 5.41) is 0. The molecule has 0 aliphatic heterocycles. The van der Waals surface area contributed by atoms with Crippen molar-refractivity contribution in [1.29, 1.82) is 0 Å². The molecule has 0 atom stereocenters. The van der Waals surface area contributed by atoms with E-state index in [1.807, 2.05) is 0 Å². The van der Waals surface area contributed by atoms with E-state index < -0.39 is 0 Å². The molecule has 0 aromatic rings. The van der Waals surface area contributed by atoms with Gasteiger partial charge in [-0.3, -0.25) is 20.4 Å². The summed E-state index contributed by atoms with van der Waals surface area (Å²) in [6, 6.07) is 0. The van der Waals surface area contributed by atoms with Gasteiger partial charge in [-0.25, -0.2) is 11.7 Å². The predicted molar refractivity (Wildman–Crippen MR) is 62.7 cm³/mol. The number of unbranched alkanes of at least 4 members (excludes halogenated alkanes) is 5. The van der Waals surface area contributed by atoms with Crippen molar-refractivity contribution >= 4 is 11.8 Å². The lowest BCUT2D eigenvalue weighted by molar-refractivity contribution is -0.122. The molecule has 6 heteroatoms. The van der Waals surface area contributed by atoms with Gasteiger partial charge >= 0.3 is 1.43 Å². The molecule has 0 fully saturated rings. The van der Waals surface area contributed by atoms with Crippen molar-refractivity contribution in [1.82, 2.24) is 10.9 Å². The molecule has 2 amide bonds. The Labute approximate surface area is 97.6 Å². The summed E-state index contributed by atoms with van der Waals surface area (Å²) in [5.41, 5.74) is 4.20. The van der Waals surface area contributed by atoms with E-state index in [0.717, 1.165) is 38.5 Å². The first-order valence-corrected chi connectivity index (χ1v) is 5.69. The minimum atomic E-state index is -0.111. The smallest absolute Gasteiger partial charge is 0.294 e. The summed E-state index contributed by atoms with van der Waals surface area (Å²) in [5.74, 6) is 9.67. The molecule has 6 N–H and O–H groups in total. The maximum absolute atomic E-state index is 10.8. The SMILES string of the molecule is NNC(=O)CCCCCCCCC(=O)NN.[H+]. The molecular formula is C10H23N4O2+. The van der Waals surface area contributed by atoms with Crippen LogP contribution in [0.4, 0.5) is 0 Å². The number of nitrogens with two attached hydrogens (primary N) is 2. The van der Waals surface area contributed by atoms with Crippen molar-refractivity contribution in [3.63, 3.8) is 0 Å². The highest BCUT2D eigenvalue weighted by atomic mass is 16.2. The van der Waals surface area contributed by atoms with Crippen LogP contribution in [-0.2, 0) is 9.59 Å². The van der Waals surface area contributed by atoms with Crippen LogP contribution in [0.1, 0.15) is 52.8 Å².